The Morgan fingerprint density at radius 3 is 2.76 bits per heavy atom. The Hall–Kier alpha value is -0.900. The fraction of sp³-hybridized carbons (Fsp3) is 0.667. The molecule has 1 aliphatic carbocycles. The summed E-state index contributed by atoms with van der Waals surface area (Å²) in [4.78, 5) is 0. The van der Waals surface area contributed by atoms with E-state index in [2.05, 4.69) is 31.3 Å². The monoisotopic (exact) mass is 291 g/mol. The predicted octanol–water partition coefficient (Wildman–Crippen LogP) is 3.29. The fourth-order valence-electron chi connectivity index (χ4n) is 3.01. The summed E-state index contributed by atoms with van der Waals surface area (Å²) in [6, 6.07) is 10.5. The number of hydrogen-bond donors (Lipinski definition) is 2. The predicted molar refractivity (Wildman–Crippen MR) is 86.2 cm³/mol. The number of rotatable bonds is 7. The van der Waals surface area contributed by atoms with E-state index in [1.54, 1.807) is 0 Å². The second-order valence-corrected chi connectivity index (χ2v) is 6.42. The zero-order chi connectivity index (χ0) is 15.1. The molecule has 0 heterocycles. The van der Waals surface area contributed by atoms with E-state index < -0.39 is 6.10 Å². The smallest absolute Gasteiger partial charge is 0.0898 e. The van der Waals surface area contributed by atoms with Gasteiger partial charge in [0.2, 0.25) is 0 Å². The molecule has 1 aromatic carbocycles. The number of aliphatic hydroxyl groups is 1. The van der Waals surface area contributed by atoms with Gasteiger partial charge in [-0.1, -0.05) is 50.1 Å². The lowest BCUT2D eigenvalue weighted by Crippen LogP contribution is -2.34. The molecular formula is C18H29NO2. The van der Waals surface area contributed by atoms with E-state index in [0.717, 1.165) is 18.8 Å². The molecule has 2 rings (SSSR count). The van der Waals surface area contributed by atoms with Crippen LogP contribution in [0.1, 0.15) is 51.1 Å². The SMILES string of the molecule is CC1CCCC(OCC(O)CN[C@H](C)c2ccccc2)C1. The Labute approximate surface area is 128 Å². The van der Waals surface area contributed by atoms with Gasteiger partial charge in [-0.2, -0.15) is 0 Å². The Morgan fingerprint density at radius 1 is 1.29 bits per heavy atom. The van der Waals surface area contributed by atoms with Crippen molar-refractivity contribution in [3.8, 4) is 0 Å². The van der Waals surface area contributed by atoms with E-state index in [1.165, 1.54) is 18.4 Å². The van der Waals surface area contributed by atoms with E-state index in [1.807, 2.05) is 18.2 Å². The normalized spacial score (nSPS) is 25.5. The zero-order valence-electron chi connectivity index (χ0n) is 13.3. The first-order valence-electron chi connectivity index (χ1n) is 8.23. The van der Waals surface area contributed by atoms with Crippen molar-refractivity contribution in [3.05, 3.63) is 35.9 Å². The maximum absolute atomic E-state index is 10.1. The molecule has 1 aliphatic rings. The van der Waals surface area contributed by atoms with Gasteiger partial charge in [0.15, 0.2) is 0 Å². The van der Waals surface area contributed by atoms with Gasteiger partial charge < -0.3 is 15.2 Å². The van der Waals surface area contributed by atoms with Crippen LogP contribution in [-0.4, -0.2) is 30.5 Å². The number of nitrogens with one attached hydrogen (secondary N) is 1. The Bertz CT molecular complexity index is 395. The van der Waals surface area contributed by atoms with Gasteiger partial charge in [-0.25, -0.2) is 0 Å². The molecule has 0 spiro atoms. The van der Waals surface area contributed by atoms with Crippen LogP contribution in [-0.2, 0) is 4.74 Å². The van der Waals surface area contributed by atoms with Crippen LogP contribution >= 0.6 is 0 Å². The van der Waals surface area contributed by atoms with Crippen molar-refractivity contribution in [2.24, 2.45) is 5.92 Å². The van der Waals surface area contributed by atoms with Gasteiger partial charge in [-0.3, -0.25) is 0 Å². The van der Waals surface area contributed by atoms with E-state index in [9.17, 15) is 5.11 Å². The minimum Gasteiger partial charge on any atom is -0.389 e. The molecule has 0 saturated heterocycles. The van der Waals surface area contributed by atoms with E-state index in [4.69, 9.17) is 4.74 Å². The summed E-state index contributed by atoms with van der Waals surface area (Å²) in [6.45, 7) is 5.41. The third-order valence-electron chi connectivity index (χ3n) is 4.37. The lowest BCUT2D eigenvalue weighted by Gasteiger charge is -2.28. The third-order valence-corrected chi connectivity index (χ3v) is 4.37. The highest BCUT2D eigenvalue weighted by Gasteiger charge is 2.20. The van der Waals surface area contributed by atoms with Crippen molar-refractivity contribution in [1.82, 2.24) is 5.32 Å². The summed E-state index contributed by atoms with van der Waals surface area (Å²) in [5, 5.41) is 13.4. The third kappa shape index (κ3) is 5.77. The highest BCUT2D eigenvalue weighted by molar-refractivity contribution is 5.17. The van der Waals surface area contributed by atoms with E-state index in [0.29, 0.717) is 19.3 Å². The maximum Gasteiger partial charge on any atom is 0.0898 e. The molecule has 1 aromatic rings. The number of aliphatic hydroxyl groups excluding tert-OH is 1. The molecule has 21 heavy (non-hydrogen) atoms. The number of hydrogen-bond acceptors (Lipinski definition) is 3. The maximum atomic E-state index is 10.1. The Morgan fingerprint density at radius 2 is 2.05 bits per heavy atom. The van der Waals surface area contributed by atoms with Gasteiger partial charge in [0.1, 0.15) is 0 Å². The van der Waals surface area contributed by atoms with Crippen LogP contribution in [0.5, 0.6) is 0 Å². The van der Waals surface area contributed by atoms with Gasteiger partial charge in [-0.15, -0.1) is 0 Å². The minimum atomic E-state index is -0.437. The van der Waals surface area contributed by atoms with Crippen molar-refractivity contribution in [3.63, 3.8) is 0 Å². The second-order valence-electron chi connectivity index (χ2n) is 6.42. The van der Waals surface area contributed by atoms with E-state index >= 15 is 0 Å². The summed E-state index contributed by atoms with van der Waals surface area (Å²) in [5.74, 6) is 0.761. The second kappa shape index (κ2) is 8.52. The van der Waals surface area contributed by atoms with Crippen molar-refractivity contribution < 1.29 is 9.84 Å². The number of ether oxygens (including phenoxy) is 1. The van der Waals surface area contributed by atoms with Gasteiger partial charge in [0.25, 0.3) is 0 Å². The topological polar surface area (TPSA) is 41.5 Å². The van der Waals surface area contributed by atoms with Crippen molar-refractivity contribution in [2.45, 2.75) is 57.8 Å². The summed E-state index contributed by atoms with van der Waals surface area (Å²) in [7, 11) is 0. The lowest BCUT2D eigenvalue weighted by atomic mass is 9.89. The highest BCUT2D eigenvalue weighted by Crippen LogP contribution is 2.25. The summed E-state index contributed by atoms with van der Waals surface area (Å²) in [6.07, 6.45) is 4.76. The molecule has 3 unspecified atom stereocenters. The quantitative estimate of drug-likeness (QED) is 0.810. The van der Waals surface area contributed by atoms with Crippen LogP contribution in [0.3, 0.4) is 0 Å². The van der Waals surface area contributed by atoms with Gasteiger partial charge in [-0.05, 0) is 31.2 Å². The van der Waals surface area contributed by atoms with Crippen LogP contribution < -0.4 is 5.32 Å². The zero-order valence-corrected chi connectivity index (χ0v) is 13.3. The molecule has 3 heteroatoms. The molecule has 0 radical (unpaired) electrons. The lowest BCUT2D eigenvalue weighted by molar-refractivity contribution is -0.0310. The highest BCUT2D eigenvalue weighted by atomic mass is 16.5. The van der Waals surface area contributed by atoms with Crippen molar-refractivity contribution in [2.75, 3.05) is 13.2 Å². The molecule has 0 aliphatic heterocycles. The van der Waals surface area contributed by atoms with Crippen LogP contribution in [0, 0.1) is 5.92 Å². The summed E-state index contributed by atoms with van der Waals surface area (Å²) >= 11 is 0. The first kappa shape index (κ1) is 16.5. The van der Waals surface area contributed by atoms with Crippen LogP contribution in [0.25, 0.3) is 0 Å². The summed E-state index contributed by atoms with van der Waals surface area (Å²) < 4.78 is 5.86. The van der Waals surface area contributed by atoms with Crippen LogP contribution in [0.15, 0.2) is 30.3 Å². The standard InChI is InChI=1S/C18H29NO2/c1-14-7-6-10-18(11-14)21-13-17(20)12-19-15(2)16-8-4-3-5-9-16/h3-5,8-9,14-15,17-20H,6-7,10-13H2,1-2H3/t14?,15-,17?,18?/m1/s1. The molecule has 3 nitrogen and oxygen atoms in total. The van der Waals surface area contributed by atoms with Gasteiger partial charge >= 0.3 is 0 Å². The first-order chi connectivity index (χ1) is 10.1. The molecule has 118 valence electrons. The Kier molecular flexibility index (Phi) is 6.68. The molecule has 4 atom stereocenters. The molecule has 0 amide bonds. The molecule has 1 saturated carbocycles. The average Bonchev–Trinajstić information content (AvgIpc) is 2.51. The van der Waals surface area contributed by atoms with Crippen molar-refractivity contribution in [1.29, 1.82) is 0 Å². The molecular weight excluding hydrogens is 262 g/mol. The van der Waals surface area contributed by atoms with Gasteiger partial charge in [0, 0.05) is 12.6 Å². The summed E-state index contributed by atoms with van der Waals surface area (Å²) in [5.41, 5.74) is 1.24. The first-order valence-corrected chi connectivity index (χ1v) is 8.23. The van der Waals surface area contributed by atoms with Gasteiger partial charge in [0.05, 0.1) is 18.8 Å². The molecule has 0 aromatic heterocycles. The van der Waals surface area contributed by atoms with E-state index in [-0.39, 0.29) is 6.04 Å². The van der Waals surface area contributed by atoms with Crippen LogP contribution in [0.4, 0.5) is 0 Å². The number of benzene rings is 1. The molecule has 1 fully saturated rings. The minimum absolute atomic E-state index is 0.246. The molecule has 0 bridgehead atoms. The fourth-order valence-corrected chi connectivity index (χ4v) is 3.01. The average molecular weight is 291 g/mol. The molecule has 2 N–H and O–H groups in total. The largest absolute Gasteiger partial charge is 0.389 e. The van der Waals surface area contributed by atoms with Crippen molar-refractivity contribution >= 4 is 0 Å². The Balaban J connectivity index is 1.64. The van der Waals surface area contributed by atoms with Crippen LogP contribution in [0.2, 0.25) is 0 Å².